The molecule has 0 amide bonds. The van der Waals surface area contributed by atoms with Gasteiger partial charge >= 0.3 is 0 Å². The molecule has 3 aromatic rings. The molecule has 96 valence electrons. The van der Waals surface area contributed by atoms with Crippen LogP contribution in [-0.4, -0.2) is 15.4 Å². The van der Waals surface area contributed by atoms with E-state index in [9.17, 15) is 0 Å². The maximum Gasteiger partial charge on any atom is 0.163 e. The highest BCUT2D eigenvalue weighted by atomic mass is 15.3. The molecule has 0 saturated carbocycles. The quantitative estimate of drug-likeness (QED) is 0.768. The van der Waals surface area contributed by atoms with Gasteiger partial charge in [0.05, 0.1) is 0 Å². The van der Waals surface area contributed by atoms with E-state index in [0.717, 1.165) is 11.1 Å². The highest BCUT2D eigenvalue weighted by molar-refractivity contribution is 5.70. The third-order valence-corrected chi connectivity index (χ3v) is 3.20. The van der Waals surface area contributed by atoms with Crippen LogP contribution in [0.5, 0.6) is 0 Å². The van der Waals surface area contributed by atoms with Gasteiger partial charge in [0.1, 0.15) is 11.8 Å². The second-order valence-corrected chi connectivity index (χ2v) is 4.59. The largest absolute Gasteiger partial charge is 0.247 e. The van der Waals surface area contributed by atoms with Crippen LogP contribution in [0.3, 0.4) is 0 Å². The van der Waals surface area contributed by atoms with E-state index in [2.05, 4.69) is 46.6 Å². The van der Waals surface area contributed by atoms with Gasteiger partial charge in [-0.15, -0.1) is 5.10 Å². The van der Waals surface area contributed by atoms with Crippen molar-refractivity contribution < 1.29 is 0 Å². The van der Waals surface area contributed by atoms with Gasteiger partial charge < -0.3 is 0 Å². The van der Waals surface area contributed by atoms with E-state index in [0.29, 0.717) is 11.4 Å². The lowest BCUT2D eigenvalue weighted by Crippen LogP contribution is -1.84. The summed E-state index contributed by atoms with van der Waals surface area (Å²) in [7, 11) is 0. The van der Waals surface area contributed by atoms with Crippen molar-refractivity contribution in [1.29, 1.82) is 5.26 Å². The Kier molecular flexibility index (Phi) is 3.02. The summed E-state index contributed by atoms with van der Waals surface area (Å²) >= 11 is 0. The van der Waals surface area contributed by atoms with Crippen LogP contribution in [0.15, 0.2) is 48.5 Å². The molecule has 1 aromatic heterocycles. The van der Waals surface area contributed by atoms with E-state index in [-0.39, 0.29) is 0 Å². The minimum absolute atomic E-state index is 0.382. The maximum absolute atomic E-state index is 8.97. The second kappa shape index (κ2) is 4.98. The number of aryl methyl sites for hydroxylation is 1. The lowest BCUT2D eigenvalue weighted by Gasteiger charge is -2.03. The summed E-state index contributed by atoms with van der Waals surface area (Å²) in [5.74, 6) is 0. The topological polar surface area (TPSA) is 65.4 Å². The second-order valence-electron chi connectivity index (χ2n) is 4.59. The summed E-state index contributed by atoms with van der Waals surface area (Å²) < 4.78 is 0. The Morgan fingerprint density at radius 2 is 1.45 bits per heavy atom. The number of nitrogens with zero attached hydrogens (tertiary/aromatic N) is 3. The van der Waals surface area contributed by atoms with Crippen LogP contribution in [0.25, 0.3) is 22.4 Å². The monoisotopic (exact) mass is 260 g/mol. The van der Waals surface area contributed by atoms with Gasteiger partial charge in [-0.2, -0.15) is 5.26 Å². The number of benzene rings is 2. The van der Waals surface area contributed by atoms with E-state index in [1.54, 1.807) is 0 Å². The molecule has 0 aliphatic heterocycles. The molecule has 2 aromatic carbocycles. The van der Waals surface area contributed by atoms with Gasteiger partial charge in [-0.05, 0) is 18.1 Å². The number of aromatic amines is 1. The zero-order valence-electron chi connectivity index (χ0n) is 11.0. The van der Waals surface area contributed by atoms with Crippen molar-refractivity contribution in [2.24, 2.45) is 0 Å². The van der Waals surface area contributed by atoms with Crippen molar-refractivity contribution in [3.05, 3.63) is 59.8 Å². The fraction of sp³-hybridized carbons (Fsp3) is 0.0625. The summed E-state index contributed by atoms with van der Waals surface area (Å²) in [5.41, 5.74) is 5.40. The van der Waals surface area contributed by atoms with Crippen LogP contribution >= 0.6 is 0 Å². The molecule has 3 rings (SSSR count). The molecular weight excluding hydrogens is 248 g/mol. The fourth-order valence-electron chi connectivity index (χ4n) is 2.07. The first-order valence-electron chi connectivity index (χ1n) is 6.26. The highest BCUT2D eigenvalue weighted by Crippen LogP contribution is 2.24. The number of nitriles is 1. The Morgan fingerprint density at radius 1 is 0.900 bits per heavy atom. The Morgan fingerprint density at radius 3 is 2.05 bits per heavy atom. The number of aromatic nitrogens is 3. The number of nitrogens with one attached hydrogen (secondary N) is 1. The Hall–Kier alpha value is -2.93. The SMILES string of the molecule is Cc1ccc(-c2ccc(-c3nn[nH]c3C#N)cc2)cc1. The summed E-state index contributed by atoms with van der Waals surface area (Å²) in [5, 5.41) is 19.2. The van der Waals surface area contributed by atoms with Crippen LogP contribution in [0.1, 0.15) is 11.3 Å². The molecule has 0 unspecified atom stereocenters. The number of H-pyrrole nitrogens is 1. The van der Waals surface area contributed by atoms with Crippen molar-refractivity contribution in [1.82, 2.24) is 15.4 Å². The predicted octanol–water partition coefficient (Wildman–Crippen LogP) is 3.32. The molecule has 20 heavy (non-hydrogen) atoms. The highest BCUT2D eigenvalue weighted by Gasteiger charge is 2.09. The molecule has 0 spiro atoms. The number of rotatable bonds is 2. The lowest BCUT2D eigenvalue weighted by atomic mass is 10.0. The third kappa shape index (κ3) is 2.17. The molecule has 0 aliphatic carbocycles. The van der Waals surface area contributed by atoms with Gasteiger partial charge in [-0.25, -0.2) is 5.10 Å². The summed E-state index contributed by atoms with van der Waals surface area (Å²) in [6.45, 7) is 2.07. The summed E-state index contributed by atoms with van der Waals surface area (Å²) in [6.07, 6.45) is 0. The van der Waals surface area contributed by atoms with Crippen molar-refractivity contribution in [3.8, 4) is 28.5 Å². The normalized spacial score (nSPS) is 10.2. The van der Waals surface area contributed by atoms with Crippen LogP contribution < -0.4 is 0 Å². The van der Waals surface area contributed by atoms with Crippen LogP contribution in [-0.2, 0) is 0 Å². The first kappa shape index (κ1) is 12.1. The van der Waals surface area contributed by atoms with Crippen molar-refractivity contribution >= 4 is 0 Å². The zero-order chi connectivity index (χ0) is 13.9. The molecule has 0 atom stereocenters. The Labute approximate surface area is 116 Å². The minimum Gasteiger partial charge on any atom is -0.247 e. The average Bonchev–Trinajstić information content (AvgIpc) is 2.97. The first-order chi connectivity index (χ1) is 9.78. The third-order valence-electron chi connectivity index (χ3n) is 3.20. The van der Waals surface area contributed by atoms with Gasteiger partial charge in [-0.3, -0.25) is 0 Å². The zero-order valence-corrected chi connectivity index (χ0v) is 11.0. The molecule has 0 fully saturated rings. The van der Waals surface area contributed by atoms with Crippen molar-refractivity contribution in [3.63, 3.8) is 0 Å². The van der Waals surface area contributed by atoms with Gasteiger partial charge in [0, 0.05) is 5.56 Å². The van der Waals surface area contributed by atoms with Gasteiger partial charge in [0.2, 0.25) is 0 Å². The Balaban J connectivity index is 1.96. The lowest BCUT2D eigenvalue weighted by molar-refractivity contribution is 0.937. The van der Waals surface area contributed by atoms with E-state index in [4.69, 9.17) is 5.26 Å². The number of hydrogen-bond donors (Lipinski definition) is 1. The molecule has 0 saturated heterocycles. The van der Waals surface area contributed by atoms with Crippen molar-refractivity contribution in [2.45, 2.75) is 6.92 Å². The molecular formula is C16H12N4. The average molecular weight is 260 g/mol. The molecule has 0 radical (unpaired) electrons. The van der Waals surface area contributed by atoms with Crippen LogP contribution in [0, 0.1) is 18.3 Å². The van der Waals surface area contributed by atoms with Crippen LogP contribution in [0.2, 0.25) is 0 Å². The van der Waals surface area contributed by atoms with E-state index in [1.807, 2.05) is 30.3 Å². The predicted molar refractivity (Wildman–Crippen MR) is 76.7 cm³/mol. The number of hydrogen-bond acceptors (Lipinski definition) is 3. The molecule has 4 nitrogen and oxygen atoms in total. The molecule has 0 bridgehead atoms. The standard InChI is InChI=1S/C16H12N4/c1-11-2-4-12(5-3-11)13-6-8-14(9-7-13)16-15(10-17)18-20-19-16/h2-9H,1H3,(H,18,19,20). The first-order valence-corrected chi connectivity index (χ1v) is 6.26. The molecule has 4 heteroatoms. The molecule has 1 heterocycles. The smallest absolute Gasteiger partial charge is 0.163 e. The van der Waals surface area contributed by atoms with E-state index >= 15 is 0 Å². The van der Waals surface area contributed by atoms with Crippen molar-refractivity contribution in [2.75, 3.05) is 0 Å². The summed E-state index contributed by atoms with van der Waals surface area (Å²) in [4.78, 5) is 0. The van der Waals surface area contributed by atoms with Gasteiger partial charge in [-0.1, -0.05) is 59.3 Å². The maximum atomic E-state index is 8.97. The fourth-order valence-corrected chi connectivity index (χ4v) is 2.07. The molecule has 0 aliphatic rings. The van der Waals surface area contributed by atoms with E-state index < -0.39 is 0 Å². The minimum atomic E-state index is 0.382. The van der Waals surface area contributed by atoms with E-state index in [1.165, 1.54) is 11.1 Å². The summed E-state index contributed by atoms with van der Waals surface area (Å²) in [6, 6.07) is 18.4. The molecule has 1 N–H and O–H groups in total. The Bertz CT molecular complexity index is 761. The van der Waals surface area contributed by atoms with Crippen LogP contribution in [0.4, 0.5) is 0 Å². The van der Waals surface area contributed by atoms with Gasteiger partial charge in [0.15, 0.2) is 5.69 Å². The van der Waals surface area contributed by atoms with Gasteiger partial charge in [0.25, 0.3) is 0 Å².